The minimum Gasteiger partial charge on any atom is -0.457 e. The number of rotatable bonds is 5. The van der Waals surface area contributed by atoms with E-state index in [0.29, 0.717) is 10.7 Å². The smallest absolute Gasteiger partial charge is 0.317 e. The summed E-state index contributed by atoms with van der Waals surface area (Å²) in [5.41, 5.74) is 0.710. The van der Waals surface area contributed by atoms with Gasteiger partial charge in [0.1, 0.15) is 0 Å². The van der Waals surface area contributed by atoms with Crippen LogP contribution in [-0.4, -0.2) is 23.3 Å². The summed E-state index contributed by atoms with van der Waals surface area (Å²) in [6, 6.07) is 10.7. The molecule has 4 nitrogen and oxygen atoms in total. The van der Waals surface area contributed by atoms with E-state index in [1.165, 1.54) is 0 Å². The quantitative estimate of drug-likeness (QED) is 0.667. The maximum Gasteiger partial charge on any atom is 0.317 e. The van der Waals surface area contributed by atoms with E-state index >= 15 is 0 Å². The van der Waals surface area contributed by atoms with Crippen molar-refractivity contribution in [3.8, 4) is 0 Å². The van der Waals surface area contributed by atoms with Gasteiger partial charge >= 0.3 is 5.97 Å². The highest BCUT2D eigenvalue weighted by Crippen LogP contribution is 2.42. The Morgan fingerprint density at radius 1 is 1.13 bits per heavy atom. The van der Waals surface area contributed by atoms with Crippen molar-refractivity contribution in [2.24, 2.45) is 0 Å². The third-order valence-corrected chi connectivity index (χ3v) is 4.73. The fourth-order valence-corrected chi connectivity index (χ4v) is 3.33. The Morgan fingerprint density at radius 3 is 2.43 bits per heavy atom. The number of ether oxygens (including phenoxy) is 1. The maximum atomic E-state index is 12.7. The largest absolute Gasteiger partial charge is 0.457 e. The summed E-state index contributed by atoms with van der Waals surface area (Å²) in [6.07, 6.45) is 5.10. The Kier molecular flexibility index (Phi) is 4.53. The molecule has 1 fully saturated rings. The van der Waals surface area contributed by atoms with Crippen molar-refractivity contribution in [3.63, 3.8) is 0 Å². The highest BCUT2D eigenvalue weighted by molar-refractivity contribution is 6.30. The molecule has 0 spiro atoms. The Balaban J connectivity index is 1.74. The number of nitrogens with one attached hydrogen (secondary N) is 1. The minimum absolute atomic E-state index is 0.229. The highest BCUT2D eigenvalue weighted by atomic mass is 35.5. The summed E-state index contributed by atoms with van der Waals surface area (Å²) in [4.78, 5) is 27.5. The molecule has 1 aromatic heterocycles. The van der Waals surface area contributed by atoms with Gasteiger partial charge in [0.05, 0.1) is 11.1 Å². The van der Waals surface area contributed by atoms with Gasteiger partial charge < -0.3 is 9.72 Å². The lowest BCUT2D eigenvalue weighted by Gasteiger charge is -2.27. The lowest BCUT2D eigenvalue weighted by Crippen LogP contribution is -2.35. The normalized spacial score (nSPS) is 16.2. The van der Waals surface area contributed by atoms with Crippen LogP contribution in [0.5, 0.6) is 0 Å². The van der Waals surface area contributed by atoms with E-state index in [0.717, 1.165) is 31.2 Å². The van der Waals surface area contributed by atoms with Crippen molar-refractivity contribution in [1.82, 2.24) is 4.98 Å². The third-order valence-electron chi connectivity index (χ3n) is 4.48. The molecule has 120 valence electrons. The standard InChI is InChI=1S/C18H18ClNO3/c19-14-7-5-13(6-8-14)18(9-1-2-10-18)17(22)23-12-16(21)15-4-3-11-20-15/h3-8,11,20H,1-2,9-10,12H2. The lowest BCUT2D eigenvalue weighted by atomic mass is 9.79. The van der Waals surface area contributed by atoms with Crippen LogP contribution in [0.4, 0.5) is 0 Å². The van der Waals surface area contributed by atoms with Crippen LogP contribution in [0.15, 0.2) is 42.6 Å². The van der Waals surface area contributed by atoms with Crippen LogP contribution >= 0.6 is 11.6 Å². The van der Waals surface area contributed by atoms with Gasteiger partial charge in [-0.05, 0) is 42.7 Å². The second-order valence-corrected chi connectivity index (χ2v) is 6.32. The fourth-order valence-electron chi connectivity index (χ4n) is 3.21. The zero-order chi connectivity index (χ0) is 16.3. The predicted octanol–water partition coefficient (Wildman–Crippen LogP) is 3.91. The molecule has 0 aliphatic heterocycles. The molecule has 0 amide bonds. The molecule has 0 radical (unpaired) electrons. The molecule has 1 aliphatic carbocycles. The number of ketones is 1. The van der Waals surface area contributed by atoms with Crippen LogP contribution in [0.2, 0.25) is 5.02 Å². The number of benzene rings is 1. The molecular weight excluding hydrogens is 314 g/mol. The van der Waals surface area contributed by atoms with E-state index in [2.05, 4.69) is 4.98 Å². The molecule has 1 heterocycles. The number of Topliss-reactive ketones (excluding diaryl/α,β-unsaturated/α-hetero) is 1. The van der Waals surface area contributed by atoms with Crippen molar-refractivity contribution in [3.05, 3.63) is 58.9 Å². The number of hydrogen-bond acceptors (Lipinski definition) is 3. The zero-order valence-electron chi connectivity index (χ0n) is 12.7. The summed E-state index contributed by atoms with van der Waals surface area (Å²) in [5, 5.41) is 0.636. The molecule has 23 heavy (non-hydrogen) atoms. The predicted molar refractivity (Wildman–Crippen MR) is 87.7 cm³/mol. The summed E-state index contributed by atoms with van der Waals surface area (Å²) in [6.45, 7) is -0.241. The van der Waals surface area contributed by atoms with Crippen molar-refractivity contribution >= 4 is 23.4 Å². The second kappa shape index (κ2) is 6.59. The Labute approximate surface area is 139 Å². The van der Waals surface area contributed by atoms with Crippen LogP contribution in [0, 0.1) is 0 Å². The monoisotopic (exact) mass is 331 g/mol. The first-order chi connectivity index (χ1) is 11.1. The number of esters is 1. The molecule has 0 unspecified atom stereocenters. The van der Waals surface area contributed by atoms with Gasteiger partial charge in [0.2, 0.25) is 5.78 Å². The van der Waals surface area contributed by atoms with Crippen LogP contribution in [0.3, 0.4) is 0 Å². The van der Waals surface area contributed by atoms with Crippen molar-refractivity contribution < 1.29 is 14.3 Å². The van der Waals surface area contributed by atoms with E-state index in [4.69, 9.17) is 16.3 Å². The molecule has 3 rings (SSSR count). The second-order valence-electron chi connectivity index (χ2n) is 5.88. The van der Waals surface area contributed by atoms with Gasteiger partial charge in [-0.2, -0.15) is 0 Å². The molecule has 1 N–H and O–H groups in total. The molecule has 2 aromatic rings. The Morgan fingerprint density at radius 2 is 1.83 bits per heavy atom. The van der Waals surface area contributed by atoms with Crippen molar-refractivity contribution in [2.45, 2.75) is 31.1 Å². The molecule has 5 heteroatoms. The summed E-state index contributed by atoms with van der Waals surface area (Å²) >= 11 is 5.94. The molecule has 0 bridgehead atoms. The maximum absolute atomic E-state index is 12.7. The van der Waals surface area contributed by atoms with E-state index in [1.54, 1.807) is 30.5 Å². The molecule has 1 aromatic carbocycles. The highest BCUT2D eigenvalue weighted by Gasteiger charge is 2.44. The fraction of sp³-hybridized carbons (Fsp3) is 0.333. The molecule has 0 atom stereocenters. The number of halogens is 1. The van der Waals surface area contributed by atoms with Gasteiger partial charge in [-0.1, -0.05) is 36.6 Å². The molecule has 1 aliphatic rings. The van der Waals surface area contributed by atoms with E-state index in [-0.39, 0.29) is 18.4 Å². The zero-order valence-corrected chi connectivity index (χ0v) is 13.4. The van der Waals surface area contributed by atoms with E-state index in [9.17, 15) is 9.59 Å². The number of aromatic amines is 1. The average Bonchev–Trinajstić information content (AvgIpc) is 3.25. The van der Waals surface area contributed by atoms with Gasteiger partial charge in [0.25, 0.3) is 0 Å². The molecule has 1 saturated carbocycles. The summed E-state index contributed by atoms with van der Waals surface area (Å²) < 4.78 is 5.36. The van der Waals surface area contributed by atoms with E-state index < -0.39 is 5.41 Å². The molecule has 0 saturated heterocycles. The number of aromatic nitrogens is 1. The Hall–Kier alpha value is -2.07. The first-order valence-electron chi connectivity index (χ1n) is 7.72. The van der Waals surface area contributed by atoms with Crippen LogP contribution in [-0.2, 0) is 14.9 Å². The molecular formula is C18H18ClNO3. The van der Waals surface area contributed by atoms with Crippen molar-refractivity contribution in [1.29, 1.82) is 0 Å². The number of H-pyrrole nitrogens is 1. The summed E-state index contributed by atoms with van der Waals surface area (Å²) in [7, 11) is 0. The Bertz CT molecular complexity index is 686. The van der Waals surface area contributed by atoms with Gasteiger partial charge in [0, 0.05) is 11.2 Å². The van der Waals surface area contributed by atoms with Crippen LogP contribution in [0.25, 0.3) is 0 Å². The minimum atomic E-state index is -0.652. The van der Waals surface area contributed by atoms with Gasteiger partial charge in [-0.25, -0.2) is 0 Å². The van der Waals surface area contributed by atoms with Gasteiger partial charge in [-0.15, -0.1) is 0 Å². The topological polar surface area (TPSA) is 59.2 Å². The van der Waals surface area contributed by atoms with Crippen LogP contribution in [0.1, 0.15) is 41.7 Å². The lowest BCUT2D eigenvalue weighted by molar-refractivity contribution is -0.149. The first-order valence-corrected chi connectivity index (χ1v) is 8.09. The van der Waals surface area contributed by atoms with Gasteiger partial charge in [0.15, 0.2) is 6.61 Å². The SMILES string of the molecule is O=C(COC(=O)C1(c2ccc(Cl)cc2)CCCC1)c1ccc[nH]1. The number of carbonyl (C=O) groups is 2. The number of hydrogen-bond donors (Lipinski definition) is 1. The van der Waals surface area contributed by atoms with Crippen molar-refractivity contribution in [2.75, 3.05) is 6.61 Å². The number of carbonyl (C=O) groups excluding carboxylic acids is 2. The van der Waals surface area contributed by atoms with Crippen LogP contribution < -0.4 is 0 Å². The third kappa shape index (κ3) is 3.17. The van der Waals surface area contributed by atoms with E-state index in [1.807, 2.05) is 12.1 Å². The van der Waals surface area contributed by atoms with Gasteiger partial charge in [-0.3, -0.25) is 9.59 Å². The average molecular weight is 332 g/mol. The first kappa shape index (κ1) is 15.8. The summed E-state index contributed by atoms with van der Waals surface area (Å²) in [5.74, 6) is -0.551.